The lowest BCUT2D eigenvalue weighted by atomic mass is 10.2. The summed E-state index contributed by atoms with van der Waals surface area (Å²) in [6.07, 6.45) is 2.49. The van der Waals surface area contributed by atoms with Gasteiger partial charge in [0.05, 0.1) is 0 Å². The first-order valence-corrected chi connectivity index (χ1v) is 5.71. The maximum atomic E-state index is 13.2. The van der Waals surface area contributed by atoms with Crippen molar-refractivity contribution in [3.63, 3.8) is 0 Å². The Morgan fingerprint density at radius 2 is 1.83 bits per heavy atom. The van der Waals surface area contributed by atoms with Crippen LogP contribution in [0.25, 0.3) is 0 Å². The second-order valence-electron chi connectivity index (χ2n) is 3.55. The first kappa shape index (κ1) is 12.6. The maximum Gasteiger partial charge on any atom is 0.143 e. The highest BCUT2D eigenvalue weighted by Gasteiger charge is 1.99. The van der Waals surface area contributed by atoms with E-state index in [2.05, 4.69) is 11.4 Å². The van der Waals surface area contributed by atoms with Gasteiger partial charge in [0.2, 0.25) is 0 Å². The van der Waals surface area contributed by atoms with Gasteiger partial charge in [0.25, 0.3) is 0 Å². The maximum absolute atomic E-state index is 13.2. The molecule has 2 rings (SSSR count). The minimum atomic E-state index is -0.386. The highest BCUT2D eigenvalue weighted by molar-refractivity contribution is 6.31. The van der Waals surface area contributed by atoms with E-state index in [0.29, 0.717) is 5.02 Å². The Bertz CT molecular complexity index is 557. The third-order valence-corrected chi connectivity index (χ3v) is 2.65. The molecule has 0 aromatic heterocycles. The minimum Gasteiger partial charge on any atom is -0.390 e. The molecule has 1 radical (unpaired) electrons. The summed E-state index contributed by atoms with van der Waals surface area (Å²) in [7, 11) is 0. The zero-order valence-corrected chi connectivity index (χ0v) is 10.2. The van der Waals surface area contributed by atoms with Crippen molar-refractivity contribution in [2.75, 3.05) is 0 Å². The molecule has 0 bridgehead atoms. The van der Waals surface area contributed by atoms with E-state index in [4.69, 9.17) is 16.4 Å². The summed E-state index contributed by atoms with van der Waals surface area (Å²) < 4.78 is 13.2. The van der Waals surface area contributed by atoms with Crippen molar-refractivity contribution in [1.82, 2.24) is 0 Å². The van der Waals surface area contributed by atoms with Crippen molar-refractivity contribution in [2.45, 2.75) is 6.61 Å². The molecule has 0 aliphatic rings. The van der Waals surface area contributed by atoms with Crippen LogP contribution in [0, 0.1) is 5.82 Å². The van der Waals surface area contributed by atoms with Gasteiger partial charge in [0.1, 0.15) is 18.6 Å². The van der Waals surface area contributed by atoms with Gasteiger partial charge in [-0.25, -0.2) is 4.39 Å². The van der Waals surface area contributed by atoms with Gasteiger partial charge in [-0.15, -0.1) is 0 Å². The van der Waals surface area contributed by atoms with E-state index < -0.39 is 0 Å². The molecule has 0 aliphatic carbocycles. The Hall–Kier alpha value is -1.87. The second kappa shape index (κ2) is 6.17. The molecule has 0 saturated carbocycles. The highest BCUT2D eigenvalue weighted by atomic mass is 35.5. The predicted molar refractivity (Wildman–Crippen MR) is 69.2 cm³/mol. The van der Waals surface area contributed by atoms with Gasteiger partial charge in [-0.05, 0) is 18.2 Å². The first-order chi connectivity index (χ1) is 8.77. The summed E-state index contributed by atoms with van der Waals surface area (Å²) >= 11 is 5.94. The fourth-order valence-corrected chi connectivity index (χ4v) is 1.54. The molecule has 18 heavy (non-hydrogen) atoms. The van der Waals surface area contributed by atoms with Crippen LogP contribution >= 0.6 is 11.6 Å². The summed E-state index contributed by atoms with van der Waals surface area (Å²) in [5.74, 6) is -0.386. The standard InChI is InChI=1S/C14H10ClFNO/c15-13-7-3-1-6-12(13)10-18-17-9-11-5-2-4-8-14(11)16/h1-8H,10H2. The van der Waals surface area contributed by atoms with Gasteiger partial charge in [0, 0.05) is 16.1 Å². The van der Waals surface area contributed by atoms with Crippen LogP contribution in [0.3, 0.4) is 0 Å². The van der Waals surface area contributed by atoms with Crippen molar-refractivity contribution in [1.29, 1.82) is 0 Å². The molecule has 2 aromatic carbocycles. The fourth-order valence-electron chi connectivity index (χ4n) is 1.35. The molecule has 0 saturated heterocycles. The Morgan fingerprint density at radius 3 is 2.61 bits per heavy atom. The molecule has 2 nitrogen and oxygen atoms in total. The molecule has 0 heterocycles. The third-order valence-electron chi connectivity index (χ3n) is 2.28. The normalized spacial score (nSPS) is 10.8. The number of nitrogens with zero attached hydrogens (tertiary/aromatic N) is 1. The van der Waals surface area contributed by atoms with Crippen LogP contribution in [0.15, 0.2) is 53.7 Å². The Morgan fingerprint density at radius 1 is 1.11 bits per heavy atom. The van der Waals surface area contributed by atoms with Crippen LogP contribution in [-0.4, -0.2) is 6.21 Å². The smallest absolute Gasteiger partial charge is 0.143 e. The Kier molecular flexibility index (Phi) is 4.31. The van der Waals surface area contributed by atoms with E-state index in [9.17, 15) is 4.39 Å². The number of rotatable bonds is 4. The molecule has 0 N–H and O–H groups in total. The molecule has 0 amide bonds. The third kappa shape index (κ3) is 3.31. The molecule has 0 atom stereocenters. The van der Waals surface area contributed by atoms with E-state index in [-0.39, 0.29) is 18.0 Å². The summed E-state index contributed by atoms with van der Waals surface area (Å²) in [6.45, 7) is 0.223. The van der Waals surface area contributed by atoms with Gasteiger partial charge >= 0.3 is 0 Å². The largest absolute Gasteiger partial charge is 0.390 e. The molecule has 2 aromatic rings. The first-order valence-electron chi connectivity index (χ1n) is 5.33. The summed E-state index contributed by atoms with van der Waals surface area (Å²) in [4.78, 5) is 5.02. The van der Waals surface area contributed by atoms with Crippen LogP contribution in [0.5, 0.6) is 0 Å². The number of hydrogen-bond donors (Lipinski definition) is 0. The average molecular weight is 263 g/mol. The number of benzene rings is 2. The topological polar surface area (TPSA) is 21.6 Å². The molecular weight excluding hydrogens is 253 g/mol. The lowest BCUT2D eigenvalue weighted by Crippen LogP contribution is -1.91. The SMILES string of the molecule is Fc1ccccc1/[C]=N\OCc1ccccc1Cl. The zero-order valence-electron chi connectivity index (χ0n) is 9.44. The zero-order chi connectivity index (χ0) is 12.8. The number of hydrogen-bond acceptors (Lipinski definition) is 2. The number of halogens is 2. The van der Waals surface area contributed by atoms with E-state index in [1.54, 1.807) is 24.3 Å². The highest BCUT2D eigenvalue weighted by Crippen LogP contribution is 2.15. The minimum absolute atomic E-state index is 0.223. The van der Waals surface area contributed by atoms with Crippen molar-refractivity contribution in [3.05, 3.63) is 70.5 Å². The monoisotopic (exact) mass is 262 g/mol. The van der Waals surface area contributed by atoms with Crippen LogP contribution in [0.2, 0.25) is 5.02 Å². The summed E-state index contributed by atoms with van der Waals surface area (Å²) in [5.41, 5.74) is 1.08. The van der Waals surface area contributed by atoms with E-state index >= 15 is 0 Å². The lowest BCUT2D eigenvalue weighted by molar-refractivity contribution is 0.132. The second-order valence-corrected chi connectivity index (χ2v) is 3.95. The van der Waals surface area contributed by atoms with Gasteiger partial charge in [-0.1, -0.05) is 47.1 Å². The van der Waals surface area contributed by atoms with E-state index in [0.717, 1.165) is 5.56 Å². The Balaban J connectivity index is 1.93. The van der Waals surface area contributed by atoms with Crippen molar-refractivity contribution >= 4 is 17.8 Å². The molecule has 0 unspecified atom stereocenters. The van der Waals surface area contributed by atoms with Crippen LogP contribution in [0.1, 0.15) is 11.1 Å². The van der Waals surface area contributed by atoms with Gasteiger partial charge in [-0.3, -0.25) is 0 Å². The molecule has 0 aliphatic heterocycles. The lowest BCUT2D eigenvalue weighted by Gasteiger charge is -2.01. The molecule has 0 fully saturated rings. The summed E-state index contributed by atoms with van der Waals surface area (Å²) in [5, 5.41) is 4.20. The summed E-state index contributed by atoms with van der Waals surface area (Å²) in [6, 6.07) is 13.5. The van der Waals surface area contributed by atoms with E-state index in [1.165, 1.54) is 6.07 Å². The average Bonchev–Trinajstić information content (AvgIpc) is 2.38. The molecule has 91 valence electrons. The Labute approximate surface area is 110 Å². The van der Waals surface area contributed by atoms with Crippen molar-refractivity contribution in [3.8, 4) is 0 Å². The van der Waals surface area contributed by atoms with Crippen molar-refractivity contribution in [2.24, 2.45) is 5.16 Å². The molecule has 0 spiro atoms. The fraction of sp³-hybridized carbons (Fsp3) is 0.0714. The molecule has 4 heteroatoms. The quantitative estimate of drug-likeness (QED) is 0.605. The van der Waals surface area contributed by atoms with Crippen LogP contribution in [0.4, 0.5) is 4.39 Å². The van der Waals surface area contributed by atoms with Crippen LogP contribution < -0.4 is 0 Å². The van der Waals surface area contributed by atoms with Gasteiger partial charge < -0.3 is 4.84 Å². The predicted octanol–water partition coefficient (Wildman–Crippen LogP) is 3.91. The van der Waals surface area contributed by atoms with Crippen LogP contribution in [-0.2, 0) is 11.4 Å². The molecular formula is C14H10ClFNO. The van der Waals surface area contributed by atoms with Gasteiger partial charge in [-0.2, -0.15) is 0 Å². The van der Waals surface area contributed by atoms with Crippen molar-refractivity contribution < 1.29 is 9.23 Å². The van der Waals surface area contributed by atoms with E-state index in [1.807, 2.05) is 18.2 Å². The van der Waals surface area contributed by atoms with Gasteiger partial charge in [0.15, 0.2) is 0 Å².